The molecule has 7 heteroatoms. The van der Waals surface area contributed by atoms with Crippen molar-refractivity contribution in [2.45, 2.75) is 19.4 Å². The van der Waals surface area contributed by atoms with Crippen molar-refractivity contribution in [2.24, 2.45) is 4.99 Å². The summed E-state index contributed by atoms with van der Waals surface area (Å²) in [6.45, 7) is 6.97. The van der Waals surface area contributed by atoms with Gasteiger partial charge in [-0.25, -0.2) is 0 Å². The first-order valence-corrected chi connectivity index (χ1v) is 11.2. The molecule has 2 N–H and O–H groups in total. The van der Waals surface area contributed by atoms with E-state index in [1.54, 1.807) is 0 Å². The molecule has 0 radical (unpaired) electrons. The van der Waals surface area contributed by atoms with E-state index < -0.39 is 0 Å². The number of hydrogen-bond donors (Lipinski definition) is 2. The number of aliphatic imine (C=N–C) groups is 1. The van der Waals surface area contributed by atoms with Gasteiger partial charge in [-0.05, 0) is 42.5 Å². The van der Waals surface area contributed by atoms with Crippen LogP contribution < -0.4 is 15.4 Å². The molecule has 1 aliphatic heterocycles. The highest BCUT2D eigenvalue weighted by Crippen LogP contribution is 2.13. The lowest BCUT2D eigenvalue weighted by Crippen LogP contribution is -2.38. The van der Waals surface area contributed by atoms with Gasteiger partial charge in [-0.2, -0.15) is 11.8 Å². The summed E-state index contributed by atoms with van der Waals surface area (Å²) in [5.41, 5.74) is 1.18. The van der Waals surface area contributed by atoms with Crippen LogP contribution in [-0.4, -0.2) is 75.9 Å². The van der Waals surface area contributed by atoms with Crippen molar-refractivity contribution in [3.8, 4) is 5.75 Å². The number of hydrogen-bond acceptors (Lipinski definition) is 5. The van der Waals surface area contributed by atoms with E-state index in [0.717, 1.165) is 64.1 Å². The fourth-order valence-electron chi connectivity index (χ4n) is 2.85. The van der Waals surface area contributed by atoms with E-state index >= 15 is 0 Å². The summed E-state index contributed by atoms with van der Waals surface area (Å²) < 4.78 is 11.3. The maximum Gasteiger partial charge on any atom is 0.191 e. The first-order valence-electron chi connectivity index (χ1n) is 9.77. The quantitative estimate of drug-likeness (QED) is 0.341. The molecule has 0 spiro atoms. The Morgan fingerprint density at radius 1 is 1.26 bits per heavy atom. The number of thioether (sulfide) groups is 1. The number of unbranched alkanes of at least 4 members (excludes halogenated alkanes) is 1. The summed E-state index contributed by atoms with van der Waals surface area (Å²) in [5, 5.41) is 6.73. The van der Waals surface area contributed by atoms with Gasteiger partial charge in [-0.15, -0.1) is 0 Å². The Morgan fingerprint density at radius 3 is 2.89 bits per heavy atom. The molecule has 1 heterocycles. The van der Waals surface area contributed by atoms with Gasteiger partial charge < -0.3 is 20.1 Å². The van der Waals surface area contributed by atoms with Crippen LogP contribution in [0, 0.1) is 0 Å². The monoisotopic (exact) mass is 394 g/mol. The molecule has 2 rings (SSSR count). The van der Waals surface area contributed by atoms with Crippen LogP contribution in [0.5, 0.6) is 5.75 Å². The minimum atomic E-state index is 0.705. The van der Waals surface area contributed by atoms with E-state index in [-0.39, 0.29) is 0 Å². The molecule has 152 valence electrons. The summed E-state index contributed by atoms with van der Waals surface area (Å²) >= 11 is 1.89. The first kappa shape index (κ1) is 21.9. The predicted octanol–water partition coefficient (Wildman–Crippen LogP) is 2.21. The highest BCUT2D eigenvalue weighted by atomic mass is 32.2. The van der Waals surface area contributed by atoms with Crippen LogP contribution in [0.15, 0.2) is 29.3 Å². The lowest BCUT2D eigenvalue weighted by Gasteiger charge is -2.26. The van der Waals surface area contributed by atoms with E-state index in [2.05, 4.69) is 38.9 Å². The fraction of sp³-hybridized carbons (Fsp3) is 0.650. The third-order valence-corrected chi connectivity index (χ3v) is 5.13. The number of ether oxygens (including phenoxy) is 2. The smallest absolute Gasteiger partial charge is 0.191 e. The Kier molecular flexibility index (Phi) is 11.1. The zero-order valence-electron chi connectivity index (χ0n) is 16.7. The van der Waals surface area contributed by atoms with E-state index in [0.29, 0.717) is 6.61 Å². The lowest BCUT2D eigenvalue weighted by atomic mass is 10.2. The van der Waals surface area contributed by atoms with E-state index in [1.165, 1.54) is 17.7 Å². The van der Waals surface area contributed by atoms with Crippen molar-refractivity contribution >= 4 is 17.7 Å². The Hall–Kier alpha value is -1.44. The number of benzene rings is 1. The van der Waals surface area contributed by atoms with Crippen LogP contribution in [0.3, 0.4) is 0 Å². The second kappa shape index (κ2) is 13.7. The van der Waals surface area contributed by atoms with Crippen LogP contribution in [0.2, 0.25) is 0 Å². The largest absolute Gasteiger partial charge is 0.492 e. The summed E-state index contributed by atoms with van der Waals surface area (Å²) in [5.74, 6) is 2.98. The molecule has 0 bridgehead atoms. The zero-order valence-corrected chi connectivity index (χ0v) is 17.5. The zero-order chi connectivity index (χ0) is 19.2. The van der Waals surface area contributed by atoms with Gasteiger partial charge in [0.2, 0.25) is 0 Å². The van der Waals surface area contributed by atoms with Crippen molar-refractivity contribution in [3.05, 3.63) is 29.8 Å². The number of rotatable bonds is 11. The van der Waals surface area contributed by atoms with Gasteiger partial charge in [0.25, 0.3) is 0 Å². The molecule has 1 aromatic rings. The molecule has 0 aliphatic carbocycles. The minimum absolute atomic E-state index is 0.705. The molecule has 0 aromatic heterocycles. The summed E-state index contributed by atoms with van der Waals surface area (Å²) in [7, 11) is 1.81. The fourth-order valence-corrected chi connectivity index (χ4v) is 3.34. The highest BCUT2D eigenvalue weighted by Gasteiger charge is 2.09. The van der Waals surface area contributed by atoms with Crippen molar-refractivity contribution in [2.75, 3.05) is 65.1 Å². The molecule has 0 saturated carbocycles. The average molecular weight is 395 g/mol. The number of morpholine rings is 1. The predicted molar refractivity (Wildman–Crippen MR) is 115 cm³/mol. The summed E-state index contributed by atoms with van der Waals surface area (Å²) in [4.78, 5) is 6.67. The molecule has 1 saturated heterocycles. The minimum Gasteiger partial charge on any atom is -0.492 e. The number of guanidine groups is 1. The van der Waals surface area contributed by atoms with Gasteiger partial charge in [-0.1, -0.05) is 12.1 Å². The Bertz CT molecular complexity index is 551. The van der Waals surface area contributed by atoms with Gasteiger partial charge in [0.05, 0.1) is 13.2 Å². The Labute approximate surface area is 168 Å². The third kappa shape index (κ3) is 9.35. The molecule has 1 aliphatic rings. The van der Waals surface area contributed by atoms with Crippen molar-refractivity contribution in [3.63, 3.8) is 0 Å². The van der Waals surface area contributed by atoms with Crippen LogP contribution in [-0.2, 0) is 11.3 Å². The summed E-state index contributed by atoms with van der Waals surface area (Å²) in [6, 6.07) is 8.26. The maximum absolute atomic E-state index is 5.93. The van der Waals surface area contributed by atoms with Crippen LogP contribution in [0.25, 0.3) is 0 Å². The van der Waals surface area contributed by atoms with E-state index in [4.69, 9.17) is 9.47 Å². The van der Waals surface area contributed by atoms with Crippen molar-refractivity contribution in [1.82, 2.24) is 15.5 Å². The Balaban J connectivity index is 1.67. The molecule has 0 atom stereocenters. The standard InChI is InChI=1S/C20H34N4O2S/c1-21-20(22-8-3-4-15-27-2)23-17-18-6-5-7-19(16-18)26-14-11-24-9-12-25-13-10-24/h5-7,16H,3-4,8-15,17H2,1-2H3,(H2,21,22,23). The van der Waals surface area contributed by atoms with Crippen molar-refractivity contribution < 1.29 is 9.47 Å². The van der Waals surface area contributed by atoms with Gasteiger partial charge in [0, 0.05) is 39.8 Å². The van der Waals surface area contributed by atoms with Crippen LogP contribution >= 0.6 is 11.8 Å². The molecule has 1 aromatic carbocycles. The first-order chi connectivity index (χ1) is 13.3. The van der Waals surface area contributed by atoms with E-state index in [9.17, 15) is 0 Å². The van der Waals surface area contributed by atoms with Gasteiger partial charge >= 0.3 is 0 Å². The lowest BCUT2D eigenvalue weighted by molar-refractivity contribution is 0.0322. The van der Waals surface area contributed by atoms with Gasteiger partial charge in [0.15, 0.2) is 5.96 Å². The molecule has 0 unspecified atom stereocenters. The second-order valence-electron chi connectivity index (χ2n) is 6.50. The molecular formula is C20H34N4O2S. The maximum atomic E-state index is 5.93. The molecule has 0 amide bonds. The van der Waals surface area contributed by atoms with Gasteiger partial charge in [0.1, 0.15) is 12.4 Å². The molecular weight excluding hydrogens is 360 g/mol. The average Bonchev–Trinajstić information content (AvgIpc) is 2.71. The highest BCUT2D eigenvalue weighted by molar-refractivity contribution is 7.98. The van der Waals surface area contributed by atoms with Crippen LogP contribution in [0.1, 0.15) is 18.4 Å². The Morgan fingerprint density at radius 2 is 2.11 bits per heavy atom. The van der Waals surface area contributed by atoms with Crippen molar-refractivity contribution in [1.29, 1.82) is 0 Å². The molecule has 1 fully saturated rings. The topological polar surface area (TPSA) is 58.1 Å². The molecule has 27 heavy (non-hydrogen) atoms. The third-order valence-electron chi connectivity index (χ3n) is 4.43. The SMILES string of the molecule is CN=C(NCCCCSC)NCc1cccc(OCCN2CCOCC2)c1. The van der Waals surface area contributed by atoms with Gasteiger partial charge in [-0.3, -0.25) is 9.89 Å². The number of nitrogens with one attached hydrogen (secondary N) is 2. The summed E-state index contributed by atoms with van der Waals surface area (Å²) in [6.07, 6.45) is 4.54. The van der Waals surface area contributed by atoms with Crippen LogP contribution in [0.4, 0.5) is 0 Å². The normalized spacial score (nSPS) is 15.6. The number of nitrogens with zero attached hydrogens (tertiary/aromatic N) is 2. The molecule has 6 nitrogen and oxygen atoms in total. The van der Waals surface area contributed by atoms with E-state index in [1.807, 2.05) is 30.9 Å². The second-order valence-corrected chi connectivity index (χ2v) is 7.49.